The fraction of sp³-hybridized carbons (Fsp3) is 0.700. The molecule has 0 aromatic heterocycles. The van der Waals surface area contributed by atoms with E-state index in [1.54, 1.807) is 0 Å². The summed E-state index contributed by atoms with van der Waals surface area (Å²) < 4.78 is 0. The molecule has 0 unspecified atom stereocenters. The summed E-state index contributed by atoms with van der Waals surface area (Å²) in [6.45, 7) is 13.0. The highest BCUT2D eigenvalue weighted by Crippen LogP contribution is 2.31. The molecule has 22 heavy (non-hydrogen) atoms. The van der Waals surface area contributed by atoms with Gasteiger partial charge in [0, 0.05) is 0 Å². The molecule has 0 fully saturated rings. The van der Waals surface area contributed by atoms with Crippen LogP contribution in [-0.4, -0.2) is 11.2 Å². The smallest absolute Gasteiger partial charge is 0.103 e. The quantitative estimate of drug-likeness (QED) is 0.380. The summed E-state index contributed by atoms with van der Waals surface area (Å²) in [7, 11) is 0. The summed E-state index contributed by atoms with van der Waals surface area (Å²) in [6.07, 6.45) is 6.04. The van der Waals surface area contributed by atoms with Crippen LogP contribution in [-0.2, 0) is 9.78 Å². The molecule has 2 heteroatoms. The number of rotatable bonds is 9. The minimum atomic E-state index is -0.0925. The van der Waals surface area contributed by atoms with Crippen LogP contribution in [0.15, 0.2) is 36.4 Å². The van der Waals surface area contributed by atoms with Crippen molar-refractivity contribution >= 4 is 0 Å². The van der Waals surface area contributed by atoms with Crippen molar-refractivity contribution in [2.24, 2.45) is 0 Å². The molecule has 0 bridgehead atoms. The van der Waals surface area contributed by atoms with Crippen LogP contribution in [0.1, 0.15) is 80.1 Å². The average molecular weight is 309 g/mol. The predicted molar refractivity (Wildman–Crippen MR) is 95.8 cm³/mol. The van der Waals surface area contributed by atoms with Gasteiger partial charge in [0.15, 0.2) is 0 Å². The van der Waals surface area contributed by atoms with Gasteiger partial charge in [-0.15, -0.1) is 0 Å². The van der Waals surface area contributed by atoms with E-state index in [4.69, 9.17) is 9.78 Å². The Hall–Kier alpha value is -0.860. The van der Waals surface area contributed by atoms with E-state index in [0.29, 0.717) is 0 Å². The van der Waals surface area contributed by atoms with Gasteiger partial charge in [-0.25, -0.2) is 9.78 Å². The summed E-state index contributed by atoms with van der Waals surface area (Å²) >= 11 is 0. The van der Waals surface area contributed by atoms with Crippen LogP contribution >= 0.6 is 0 Å². The van der Waals surface area contributed by atoms with Crippen LogP contribution < -0.4 is 0 Å². The van der Waals surface area contributed by atoms with Crippen LogP contribution in [0.25, 0.3) is 0 Å². The van der Waals surface area contributed by atoms with Crippen LogP contribution in [0.4, 0.5) is 0 Å². The molecule has 128 valence electrons. The Balaban J connectivity index is 0.000000604. The molecule has 0 aliphatic heterocycles. The van der Waals surface area contributed by atoms with E-state index in [1.165, 1.54) is 0 Å². The maximum atomic E-state index is 5.82. The normalized spacial score (nSPS) is 11.7. The van der Waals surface area contributed by atoms with Crippen molar-refractivity contribution in [3.05, 3.63) is 36.4 Å². The predicted octanol–water partition coefficient (Wildman–Crippen LogP) is 6.56. The SMILES string of the molecule is CCC(CC)(CC)OOC(CC)(CC)CC.c1ccccc1. The van der Waals surface area contributed by atoms with Crippen molar-refractivity contribution in [1.29, 1.82) is 0 Å². The van der Waals surface area contributed by atoms with E-state index in [-0.39, 0.29) is 11.2 Å². The molecular formula is C20H36O2. The highest BCUT2D eigenvalue weighted by atomic mass is 17.2. The first-order chi connectivity index (χ1) is 10.6. The van der Waals surface area contributed by atoms with E-state index >= 15 is 0 Å². The van der Waals surface area contributed by atoms with Gasteiger partial charge in [0.25, 0.3) is 0 Å². The molecule has 0 spiro atoms. The first kappa shape index (κ1) is 21.1. The maximum absolute atomic E-state index is 5.82. The summed E-state index contributed by atoms with van der Waals surface area (Å²) in [4.78, 5) is 11.6. The topological polar surface area (TPSA) is 18.5 Å². The third kappa shape index (κ3) is 6.93. The lowest BCUT2D eigenvalue weighted by Crippen LogP contribution is -2.38. The largest absolute Gasteiger partial charge is 0.230 e. The summed E-state index contributed by atoms with van der Waals surface area (Å²) in [5.41, 5.74) is -0.185. The zero-order valence-electron chi connectivity index (χ0n) is 15.5. The van der Waals surface area contributed by atoms with Gasteiger partial charge in [-0.3, -0.25) is 0 Å². The van der Waals surface area contributed by atoms with Crippen LogP contribution in [0, 0.1) is 0 Å². The van der Waals surface area contributed by atoms with Crippen molar-refractivity contribution in [2.45, 2.75) is 91.3 Å². The molecule has 1 aromatic rings. The lowest BCUT2D eigenvalue weighted by atomic mass is 9.93. The Morgan fingerprint density at radius 3 is 0.773 bits per heavy atom. The monoisotopic (exact) mass is 308 g/mol. The van der Waals surface area contributed by atoms with Gasteiger partial charge in [-0.2, -0.15) is 0 Å². The molecule has 0 aliphatic carbocycles. The molecule has 0 N–H and O–H groups in total. The molecule has 0 aliphatic rings. The number of hydrogen-bond acceptors (Lipinski definition) is 2. The molecular weight excluding hydrogens is 272 g/mol. The fourth-order valence-electron chi connectivity index (χ4n) is 2.42. The van der Waals surface area contributed by atoms with Gasteiger partial charge in [-0.05, 0) is 38.5 Å². The van der Waals surface area contributed by atoms with Gasteiger partial charge in [0.05, 0.1) is 0 Å². The second-order valence-corrected chi connectivity index (χ2v) is 5.81. The molecule has 1 aromatic carbocycles. The highest BCUT2D eigenvalue weighted by molar-refractivity contribution is 4.99. The molecule has 0 heterocycles. The average Bonchev–Trinajstić information content (AvgIpc) is 2.62. The minimum Gasteiger partial charge on any atom is -0.230 e. The van der Waals surface area contributed by atoms with Crippen molar-refractivity contribution in [1.82, 2.24) is 0 Å². The van der Waals surface area contributed by atoms with E-state index in [2.05, 4.69) is 41.5 Å². The van der Waals surface area contributed by atoms with Crippen LogP contribution in [0.3, 0.4) is 0 Å². The first-order valence-electron chi connectivity index (χ1n) is 8.94. The summed E-state index contributed by atoms with van der Waals surface area (Å²) in [5, 5.41) is 0. The number of benzene rings is 1. The second-order valence-electron chi connectivity index (χ2n) is 5.81. The Kier molecular flexibility index (Phi) is 11.2. The maximum Gasteiger partial charge on any atom is 0.103 e. The Labute approximate surface area is 138 Å². The van der Waals surface area contributed by atoms with Gasteiger partial charge in [0.1, 0.15) is 11.2 Å². The molecule has 2 nitrogen and oxygen atoms in total. The summed E-state index contributed by atoms with van der Waals surface area (Å²) in [5.74, 6) is 0. The van der Waals surface area contributed by atoms with E-state index in [1.807, 2.05) is 36.4 Å². The molecule has 0 saturated carbocycles. The van der Waals surface area contributed by atoms with Gasteiger partial charge >= 0.3 is 0 Å². The van der Waals surface area contributed by atoms with E-state index in [0.717, 1.165) is 38.5 Å². The third-order valence-electron chi connectivity index (χ3n) is 4.93. The van der Waals surface area contributed by atoms with Crippen LogP contribution in [0.2, 0.25) is 0 Å². The summed E-state index contributed by atoms with van der Waals surface area (Å²) in [6, 6.07) is 12.0. The van der Waals surface area contributed by atoms with Crippen molar-refractivity contribution in [3.8, 4) is 0 Å². The van der Waals surface area contributed by atoms with Crippen molar-refractivity contribution in [2.75, 3.05) is 0 Å². The molecule has 0 amide bonds. The zero-order valence-corrected chi connectivity index (χ0v) is 15.5. The zero-order chi connectivity index (χ0) is 16.9. The van der Waals surface area contributed by atoms with E-state index < -0.39 is 0 Å². The third-order valence-corrected chi connectivity index (χ3v) is 4.93. The van der Waals surface area contributed by atoms with Gasteiger partial charge in [-0.1, -0.05) is 77.9 Å². The second kappa shape index (κ2) is 11.7. The Bertz CT molecular complexity index is 277. The van der Waals surface area contributed by atoms with E-state index in [9.17, 15) is 0 Å². The molecule has 1 rings (SSSR count). The number of hydrogen-bond donors (Lipinski definition) is 0. The Morgan fingerprint density at radius 1 is 0.455 bits per heavy atom. The molecule has 0 radical (unpaired) electrons. The molecule has 0 saturated heterocycles. The van der Waals surface area contributed by atoms with Gasteiger partial charge < -0.3 is 0 Å². The van der Waals surface area contributed by atoms with Gasteiger partial charge in [0.2, 0.25) is 0 Å². The highest BCUT2D eigenvalue weighted by Gasteiger charge is 2.32. The van der Waals surface area contributed by atoms with Crippen molar-refractivity contribution < 1.29 is 9.78 Å². The fourth-order valence-corrected chi connectivity index (χ4v) is 2.42. The van der Waals surface area contributed by atoms with Crippen molar-refractivity contribution in [3.63, 3.8) is 0 Å². The van der Waals surface area contributed by atoms with Crippen LogP contribution in [0.5, 0.6) is 0 Å². The standard InChI is InChI=1S/C14H30O2.C6H6/c1-7-13(8-2,9-3)15-16-14(10-4,11-5)12-6;1-2-4-6-5-3-1/h7-12H2,1-6H3;1-6H. The lowest BCUT2D eigenvalue weighted by molar-refractivity contribution is -0.418. The minimum absolute atomic E-state index is 0.0925. The lowest BCUT2D eigenvalue weighted by Gasteiger charge is -2.36. The first-order valence-corrected chi connectivity index (χ1v) is 8.94. The molecule has 0 atom stereocenters. The Morgan fingerprint density at radius 2 is 0.636 bits per heavy atom.